The Morgan fingerprint density at radius 2 is 2.05 bits per heavy atom. The minimum atomic E-state index is -0.365. The van der Waals surface area contributed by atoms with E-state index in [0.29, 0.717) is 10.7 Å². The highest BCUT2D eigenvalue weighted by Gasteiger charge is 2.11. The Hall–Kier alpha value is -2.27. The first-order valence-corrected chi connectivity index (χ1v) is 6.54. The Bertz CT molecular complexity index is 724. The molecule has 2 N–H and O–H groups in total. The largest absolute Gasteiger partial charge is 0.399 e. The van der Waals surface area contributed by atoms with Gasteiger partial charge >= 0.3 is 0 Å². The van der Waals surface area contributed by atoms with E-state index in [2.05, 4.69) is 9.97 Å². The fourth-order valence-corrected chi connectivity index (χ4v) is 2.58. The minimum Gasteiger partial charge on any atom is -0.399 e. The van der Waals surface area contributed by atoms with E-state index in [4.69, 9.17) is 5.73 Å². The number of nitrogens with two attached hydrogens (primary N) is 1. The van der Waals surface area contributed by atoms with E-state index in [1.165, 1.54) is 17.4 Å². The predicted octanol–water partition coefficient (Wildman–Crippen LogP) is 3.59. The molecule has 1 aromatic carbocycles. The van der Waals surface area contributed by atoms with Gasteiger partial charge in [-0.2, -0.15) is 0 Å². The number of aromatic nitrogens is 2. The van der Waals surface area contributed by atoms with Crippen LogP contribution in [0.4, 0.5) is 10.1 Å². The molecule has 19 heavy (non-hydrogen) atoms. The van der Waals surface area contributed by atoms with Gasteiger partial charge in [-0.25, -0.2) is 9.37 Å². The molecule has 2 aromatic heterocycles. The van der Waals surface area contributed by atoms with Crippen molar-refractivity contribution in [2.45, 2.75) is 0 Å². The van der Waals surface area contributed by atoms with Gasteiger partial charge in [0.2, 0.25) is 0 Å². The highest BCUT2D eigenvalue weighted by molar-refractivity contribution is 7.13. The molecule has 3 nitrogen and oxygen atoms in total. The Kier molecular flexibility index (Phi) is 2.97. The molecule has 2 heterocycles. The lowest BCUT2D eigenvalue weighted by atomic mass is 10.1. The van der Waals surface area contributed by atoms with E-state index < -0.39 is 0 Å². The summed E-state index contributed by atoms with van der Waals surface area (Å²) in [5.74, 6) is -0.365. The van der Waals surface area contributed by atoms with Crippen LogP contribution in [0.2, 0.25) is 0 Å². The molecule has 0 amide bonds. The van der Waals surface area contributed by atoms with Crippen LogP contribution in [0.25, 0.3) is 22.0 Å². The first-order chi connectivity index (χ1) is 9.24. The predicted molar refractivity (Wildman–Crippen MR) is 75.2 cm³/mol. The summed E-state index contributed by atoms with van der Waals surface area (Å²) in [6.45, 7) is 0. The molecule has 0 bridgehead atoms. The van der Waals surface area contributed by atoms with Gasteiger partial charge in [0.15, 0.2) is 5.82 Å². The Balaban J connectivity index is 2.03. The SMILES string of the molecule is Nc1cccc(-c2csc(-c3ncccc3F)n2)c1. The van der Waals surface area contributed by atoms with Crippen molar-refractivity contribution in [1.29, 1.82) is 0 Å². The maximum atomic E-state index is 13.6. The Labute approximate surface area is 113 Å². The molecule has 0 aliphatic heterocycles. The summed E-state index contributed by atoms with van der Waals surface area (Å²) in [4.78, 5) is 8.43. The van der Waals surface area contributed by atoms with Crippen molar-refractivity contribution >= 4 is 17.0 Å². The van der Waals surface area contributed by atoms with E-state index in [1.54, 1.807) is 12.3 Å². The van der Waals surface area contributed by atoms with Gasteiger partial charge in [0.25, 0.3) is 0 Å². The van der Waals surface area contributed by atoms with Crippen LogP contribution in [-0.4, -0.2) is 9.97 Å². The topological polar surface area (TPSA) is 51.8 Å². The number of nitrogens with zero attached hydrogens (tertiary/aromatic N) is 2. The minimum absolute atomic E-state index is 0.280. The quantitative estimate of drug-likeness (QED) is 0.725. The van der Waals surface area contributed by atoms with Crippen molar-refractivity contribution in [2.24, 2.45) is 0 Å². The van der Waals surface area contributed by atoms with Crippen LogP contribution in [0.1, 0.15) is 0 Å². The van der Waals surface area contributed by atoms with Crippen molar-refractivity contribution < 1.29 is 4.39 Å². The molecule has 0 saturated heterocycles. The summed E-state index contributed by atoms with van der Waals surface area (Å²) in [7, 11) is 0. The zero-order valence-electron chi connectivity index (χ0n) is 9.88. The molecule has 0 fully saturated rings. The van der Waals surface area contributed by atoms with E-state index in [0.717, 1.165) is 11.3 Å². The van der Waals surface area contributed by atoms with Crippen molar-refractivity contribution in [2.75, 3.05) is 5.73 Å². The number of pyridine rings is 1. The number of anilines is 1. The Morgan fingerprint density at radius 3 is 2.84 bits per heavy atom. The van der Waals surface area contributed by atoms with Crippen LogP contribution in [0.15, 0.2) is 48.0 Å². The fraction of sp³-hybridized carbons (Fsp3) is 0. The van der Waals surface area contributed by atoms with Crippen LogP contribution in [0.3, 0.4) is 0 Å². The molecule has 3 aromatic rings. The second-order valence-corrected chi connectivity index (χ2v) is 4.86. The second-order valence-electron chi connectivity index (χ2n) is 4.00. The summed E-state index contributed by atoms with van der Waals surface area (Å²) in [5, 5.41) is 2.44. The third kappa shape index (κ3) is 2.32. The number of nitrogen functional groups attached to an aromatic ring is 1. The molecule has 0 saturated carbocycles. The van der Waals surface area contributed by atoms with Crippen LogP contribution in [0.5, 0.6) is 0 Å². The summed E-state index contributed by atoms with van der Waals surface area (Å²) in [6.07, 6.45) is 1.56. The van der Waals surface area contributed by atoms with Gasteiger partial charge in [-0.1, -0.05) is 12.1 Å². The molecular formula is C14H10FN3S. The van der Waals surface area contributed by atoms with Gasteiger partial charge in [0.1, 0.15) is 10.7 Å². The second kappa shape index (κ2) is 4.78. The van der Waals surface area contributed by atoms with Crippen LogP contribution in [-0.2, 0) is 0 Å². The lowest BCUT2D eigenvalue weighted by Gasteiger charge is -1.98. The van der Waals surface area contributed by atoms with Crippen molar-refractivity contribution in [1.82, 2.24) is 9.97 Å². The van der Waals surface area contributed by atoms with Gasteiger partial charge in [0.05, 0.1) is 5.69 Å². The normalized spacial score (nSPS) is 10.6. The van der Waals surface area contributed by atoms with Gasteiger partial charge < -0.3 is 5.73 Å². The third-order valence-corrected chi connectivity index (χ3v) is 3.50. The molecule has 0 aliphatic rings. The molecule has 0 atom stereocenters. The Morgan fingerprint density at radius 1 is 1.16 bits per heavy atom. The third-order valence-electron chi connectivity index (χ3n) is 2.65. The zero-order chi connectivity index (χ0) is 13.2. The number of hydrogen-bond donors (Lipinski definition) is 1. The maximum absolute atomic E-state index is 13.6. The summed E-state index contributed by atoms with van der Waals surface area (Å²) in [5.41, 5.74) is 8.39. The number of thiazole rings is 1. The van der Waals surface area contributed by atoms with Gasteiger partial charge in [-0.05, 0) is 24.3 Å². The molecular weight excluding hydrogens is 261 g/mol. The van der Waals surface area contributed by atoms with Gasteiger partial charge in [-0.3, -0.25) is 4.98 Å². The zero-order valence-corrected chi connectivity index (χ0v) is 10.7. The van der Waals surface area contributed by atoms with Crippen LogP contribution in [0, 0.1) is 5.82 Å². The molecule has 0 aliphatic carbocycles. The maximum Gasteiger partial charge on any atom is 0.151 e. The lowest BCUT2D eigenvalue weighted by molar-refractivity contribution is 0.625. The first-order valence-electron chi connectivity index (χ1n) is 5.66. The highest BCUT2D eigenvalue weighted by atomic mass is 32.1. The average molecular weight is 271 g/mol. The number of rotatable bonds is 2. The van der Waals surface area contributed by atoms with E-state index in [1.807, 2.05) is 29.6 Å². The van der Waals surface area contributed by atoms with Gasteiger partial charge in [0, 0.05) is 22.8 Å². The summed E-state index contributed by atoms with van der Waals surface area (Å²) in [6, 6.07) is 10.4. The summed E-state index contributed by atoms with van der Waals surface area (Å²) < 4.78 is 13.6. The molecule has 94 valence electrons. The first kappa shape index (κ1) is 11.8. The molecule has 3 rings (SSSR count). The molecule has 0 radical (unpaired) electrons. The highest BCUT2D eigenvalue weighted by Crippen LogP contribution is 2.29. The number of hydrogen-bond acceptors (Lipinski definition) is 4. The van der Waals surface area contributed by atoms with Crippen molar-refractivity contribution in [3.8, 4) is 22.0 Å². The molecule has 0 unspecified atom stereocenters. The summed E-state index contributed by atoms with van der Waals surface area (Å²) >= 11 is 1.36. The number of benzene rings is 1. The van der Waals surface area contributed by atoms with Crippen molar-refractivity contribution in [3.05, 3.63) is 53.8 Å². The fourth-order valence-electron chi connectivity index (χ4n) is 1.76. The van der Waals surface area contributed by atoms with Crippen LogP contribution < -0.4 is 5.73 Å². The standard InChI is InChI=1S/C14H10FN3S/c15-11-5-2-6-17-13(11)14-18-12(8-19-14)9-3-1-4-10(16)7-9/h1-8H,16H2. The van der Waals surface area contributed by atoms with Crippen molar-refractivity contribution in [3.63, 3.8) is 0 Å². The van der Waals surface area contributed by atoms with E-state index >= 15 is 0 Å². The molecule has 0 spiro atoms. The van der Waals surface area contributed by atoms with Gasteiger partial charge in [-0.15, -0.1) is 11.3 Å². The molecule has 5 heteroatoms. The number of halogens is 1. The van der Waals surface area contributed by atoms with E-state index in [9.17, 15) is 4.39 Å². The lowest BCUT2D eigenvalue weighted by Crippen LogP contribution is -1.88. The average Bonchev–Trinajstić information content (AvgIpc) is 2.89. The van der Waals surface area contributed by atoms with Crippen LogP contribution >= 0.6 is 11.3 Å². The monoisotopic (exact) mass is 271 g/mol. The smallest absolute Gasteiger partial charge is 0.151 e. The van der Waals surface area contributed by atoms with E-state index in [-0.39, 0.29) is 11.5 Å².